The van der Waals surface area contributed by atoms with Crippen LogP contribution in [0.25, 0.3) is 0 Å². The Labute approximate surface area is 214 Å². The molecule has 2 aromatic carbocycles. The number of carbonyl (C=O) groups excluding carboxylic acids is 1. The summed E-state index contributed by atoms with van der Waals surface area (Å²) in [6, 6.07) is 12.4. The van der Waals surface area contributed by atoms with Gasteiger partial charge in [-0.05, 0) is 35.9 Å². The molecule has 0 saturated carbocycles. The number of ether oxygens (including phenoxy) is 4. The van der Waals surface area contributed by atoms with Crippen molar-refractivity contribution in [2.75, 3.05) is 51.3 Å². The Balaban J connectivity index is 1.70. The number of hydrogen-bond acceptors (Lipinski definition) is 9. The third-order valence-corrected chi connectivity index (χ3v) is 4.90. The molecule has 1 aromatic heterocycles. The largest absolute Gasteiger partial charge is 0.487 e. The molecule has 1 heterocycles. The van der Waals surface area contributed by atoms with E-state index in [0.29, 0.717) is 55.8 Å². The maximum absolute atomic E-state index is 14.4. The van der Waals surface area contributed by atoms with Crippen molar-refractivity contribution in [1.82, 2.24) is 15.3 Å². The molecule has 0 spiro atoms. The summed E-state index contributed by atoms with van der Waals surface area (Å²) < 4.78 is 36.0. The highest BCUT2D eigenvalue weighted by molar-refractivity contribution is 5.86. The van der Waals surface area contributed by atoms with Crippen LogP contribution in [0.4, 0.5) is 27.5 Å². The van der Waals surface area contributed by atoms with Crippen molar-refractivity contribution in [1.29, 1.82) is 0 Å². The highest BCUT2D eigenvalue weighted by Gasteiger charge is 2.11. The smallest absolute Gasteiger partial charge is 0.243 e. The van der Waals surface area contributed by atoms with Crippen LogP contribution in [0.15, 0.2) is 61.3 Å². The summed E-state index contributed by atoms with van der Waals surface area (Å²) >= 11 is 0. The first-order chi connectivity index (χ1) is 18.0. The number of aromatic nitrogens is 2. The summed E-state index contributed by atoms with van der Waals surface area (Å²) in [5.74, 6) is 0.368. The number of nitrogens with zero attached hydrogens (tertiary/aromatic N) is 2. The predicted octanol–water partition coefficient (Wildman–Crippen LogP) is 3.96. The molecule has 0 bridgehead atoms. The highest BCUT2D eigenvalue weighted by atomic mass is 19.1. The summed E-state index contributed by atoms with van der Waals surface area (Å²) in [7, 11) is 3.19. The van der Waals surface area contributed by atoms with E-state index in [1.54, 1.807) is 44.6 Å². The Morgan fingerprint density at radius 1 is 0.946 bits per heavy atom. The normalized spacial score (nSPS) is 10.5. The van der Waals surface area contributed by atoms with Crippen LogP contribution in [0, 0.1) is 5.82 Å². The van der Waals surface area contributed by atoms with Gasteiger partial charge in [0.05, 0.1) is 19.4 Å². The minimum absolute atomic E-state index is 0.00120. The van der Waals surface area contributed by atoms with Crippen molar-refractivity contribution in [2.45, 2.75) is 6.54 Å². The van der Waals surface area contributed by atoms with E-state index in [-0.39, 0.29) is 17.7 Å². The Hall–Kier alpha value is -4.22. The third kappa shape index (κ3) is 8.74. The molecule has 196 valence electrons. The fourth-order valence-electron chi connectivity index (χ4n) is 3.04. The van der Waals surface area contributed by atoms with Crippen molar-refractivity contribution < 1.29 is 28.1 Å². The molecule has 3 rings (SSSR count). The van der Waals surface area contributed by atoms with E-state index in [1.807, 2.05) is 12.1 Å². The lowest BCUT2D eigenvalue weighted by molar-refractivity contribution is -0.116. The number of nitrogens with one attached hydrogen (secondary N) is 3. The van der Waals surface area contributed by atoms with Gasteiger partial charge in [-0.2, -0.15) is 4.98 Å². The number of benzene rings is 2. The number of halogens is 1. The molecule has 0 atom stereocenters. The van der Waals surface area contributed by atoms with E-state index >= 15 is 0 Å². The van der Waals surface area contributed by atoms with E-state index in [0.717, 1.165) is 11.8 Å². The minimum atomic E-state index is -0.613. The Bertz CT molecular complexity index is 1180. The Kier molecular flexibility index (Phi) is 10.6. The average Bonchev–Trinajstić information content (AvgIpc) is 2.91. The molecule has 0 unspecified atom stereocenters. The molecule has 11 heteroatoms. The molecule has 3 N–H and O–H groups in total. The van der Waals surface area contributed by atoms with Gasteiger partial charge in [0.2, 0.25) is 11.9 Å². The zero-order valence-electron chi connectivity index (χ0n) is 20.8. The lowest BCUT2D eigenvalue weighted by Crippen LogP contribution is -2.19. The zero-order valence-corrected chi connectivity index (χ0v) is 20.8. The molecule has 0 fully saturated rings. The predicted molar refractivity (Wildman–Crippen MR) is 138 cm³/mol. The first kappa shape index (κ1) is 27.4. The summed E-state index contributed by atoms with van der Waals surface area (Å²) in [6.45, 7) is 5.32. The first-order valence-corrected chi connectivity index (χ1v) is 11.5. The Morgan fingerprint density at radius 3 is 2.30 bits per heavy atom. The van der Waals surface area contributed by atoms with Crippen LogP contribution >= 0.6 is 0 Å². The number of amides is 1. The number of anilines is 4. The standard InChI is InChI=1S/C26H30FN5O5/c1-4-24(33)28-16-18-5-7-19(8-6-18)30-25-21(27)17-29-26(32-25)31-20-9-10-22(36-13-11-34-2)23(15-20)37-14-12-35-3/h4-10,15,17H,1,11-14,16H2,2-3H3,(H,28,33)(H2,29,30,31,32). The molecule has 3 aromatic rings. The average molecular weight is 512 g/mol. The van der Waals surface area contributed by atoms with Crippen molar-refractivity contribution in [2.24, 2.45) is 0 Å². The monoisotopic (exact) mass is 511 g/mol. The van der Waals surface area contributed by atoms with E-state index in [9.17, 15) is 9.18 Å². The van der Waals surface area contributed by atoms with Crippen LogP contribution in [0.3, 0.4) is 0 Å². The fraction of sp³-hybridized carbons (Fsp3) is 0.269. The van der Waals surface area contributed by atoms with Crippen LogP contribution in [-0.2, 0) is 20.8 Å². The quantitative estimate of drug-likeness (QED) is 0.206. The van der Waals surface area contributed by atoms with E-state index in [1.165, 1.54) is 6.08 Å². The number of rotatable bonds is 15. The van der Waals surface area contributed by atoms with Gasteiger partial charge in [0.15, 0.2) is 23.1 Å². The van der Waals surface area contributed by atoms with Crippen LogP contribution in [0.5, 0.6) is 11.5 Å². The molecular weight excluding hydrogens is 481 g/mol. The van der Waals surface area contributed by atoms with Crippen LogP contribution in [0.1, 0.15) is 5.56 Å². The van der Waals surface area contributed by atoms with Gasteiger partial charge in [-0.25, -0.2) is 9.37 Å². The van der Waals surface area contributed by atoms with E-state index in [2.05, 4.69) is 32.5 Å². The van der Waals surface area contributed by atoms with Crippen LogP contribution in [0.2, 0.25) is 0 Å². The molecule has 1 amide bonds. The van der Waals surface area contributed by atoms with Crippen molar-refractivity contribution >= 4 is 29.0 Å². The second-order valence-corrected chi connectivity index (χ2v) is 7.60. The lowest BCUT2D eigenvalue weighted by atomic mass is 10.2. The number of methoxy groups -OCH3 is 2. The van der Waals surface area contributed by atoms with Crippen molar-refractivity contribution in [3.8, 4) is 11.5 Å². The summed E-state index contributed by atoms with van der Waals surface area (Å²) in [6.07, 6.45) is 2.29. The summed E-state index contributed by atoms with van der Waals surface area (Å²) in [5, 5.41) is 8.70. The van der Waals surface area contributed by atoms with Gasteiger partial charge in [-0.3, -0.25) is 4.79 Å². The second kappa shape index (κ2) is 14.4. The SMILES string of the molecule is C=CC(=O)NCc1ccc(Nc2nc(Nc3ccc(OCCOC)c(OCCOC)c3)ncc2F)cc1. The van der Waals surface area contributed by atoms with Gasteiger partial charge in [-0.1, -0.05) is 18.7 Å². The maximum Gasteiger partial charge on any atom is 0.243 e. The first-order valence-electron chi connectivity index (χ1n) is 11.5. The van der Waals surface area contributed by atoms with Gasteiger partial charge in [0, 0.05) is 38.2 Å². The van der Waals surface area contributed by atoms with Gasteiger partial charge in [-0.15, -0.1) is 0 Å². The minimum Gasteiger partial charge on any atom is -0.487 e. The third-order valence-electron chi connectivity index (χ3n) is 4.90. The van der Waals surface area contributed by atoms with Gasteiger partial charge < -0.3 is 34.9 Å². The van der Waals surface area contributed by atoms with E-state index < -0.39 is 5.82 Å². The van der Waals surface area contributed by atoms with Crippen molar-refractivity contribution in [3.05, 3.63) is 72.7 Å². The molecule has 0 aliphatic heterocycles. The number of carbonyl (C=O) groups is 1. The number of hydrogen-bond donors (Lipinski definition) is 3. The van der Waals surface area contributed by atoms with E-state index in [4.69, 9.17) is 18.9 Å². The van der Waals surface area contributed by atoms with Crippen LogP contribution in [-0.4, -0.2) is 56.5 Å². The Morgan fingerprint density at radius 2 is 1.62 bits per heavy atom. The zero-order chi connectivity index (χ0) is 26.5. The molecule has 37 heavy (non-hydrogen) atoms. The van der Waals surface area contributed by atoms with Crippen LogP contribution < -0.4 is 25.4 Å². The molecule has 0 saturated heterocycles. The fourth-order valence-corrected chi connectivity index (χ4v) is 3.04. The molecule has 0 aliphatic carbocycles. The topological polar surface area (TPSA) is 116 Å². The van der Waals surface area contributed by atoms with Gasteiger partial charge in [0.1, 0.15) is 13.2 Å². The molecule has 0 aliphatic rings. The molecule has 0 radical (unpaired) electrons. The molecular formula is C26H30FN5O5. The summed E-state index contributed by atoms with van der Waals surface area (Å²) in [5.41, 5.74) is 2.12. The van der Waals surface area contributed by atoms with Gasteiger partial charge in [0.25, 0.3) is 0 Å². The second-order valence-electron chi connectivity index (χ2n) is 7.60. The van der Waals surface area contributed by atoms with Crippen molar-refractivity contribution in [3.63, 3.8) is 0 Å². The molecule has 10 nitrogen and oxygen atoms in total. The van der Waals surface area contributed by atoms with Gasteiger partial charge >= 0.3 is 0 Å². The maximum atomic E-state index is 14.4. The summed E-state index contributed by atoms with van der Waals surface area (Å²) in [4.78, 5) is 19.6. The highest BCUT2D eigenvalue weighted by Crippen LogP contribution is 2.32. The lowest BCUT2D eigenvalue weighted by Gasteiger charge is -2.15.